The van der Waals surface area contributed by atoms with Gasteiger partial charge in [-0.25, -0.2) is 4.98 Å². The van der Waals surface area contributed by atoms with Crippen molar-refractivity contribution in [3.63, 3.8) is 0 Å². The summed E-state index contributed by atoms with van der Waals surface area (Å²) in [4.78, 5) is 16.7. The van der Waals surface area contributed by atoms with Gasteiger partial charge in [0, 0.05) is 55.1 Å². The number of hydrogen-bond donors (Lipinski definition) is 2. The number of pyridine rings is 1. The van der Waals surface area contributed by atoms with Crippen LogP contribution in [0.4, 0.5) is 5.82 Å². The molecule has 1 aliphatic rings. The van der Waals surface area contributed by atoms with Crippen LogP contribution in [0.2, 0.25) is 0 Å². The molecule has 0 aliphatic heterocycles. The zero-order valence-corrected chi connectivity index (χ0v) is 21.2. The Morgan fingerprint density at radius 3 is 2.50 bits per heavy atom. The Kier molecular flexibility index (Phi) is 6.63. The van der Waals surface area contributed by atoms with E-state index in [1.807, 2.05) is 70.8 Å². The molecular weight excluding hydrogens is 454 g/mol. The van der Waals surface area contributed by atoms with E-state index in [0.717, 1.165) is 59.4 Å². The van der Waals surface area contributed by atoms with Gasteiger partial charge in [0.15, 0.2) is 0 Å². The number of ether oxygens (including phenoxy) is 1. The van der Waals surface area contributed by atoms with Gasteiger partial charge in [0.2, 0.25) is 0 Å². The molecule has 0 bridgehead atoms. The molecule has 36 heavy (non-hydrogen) atoms. The van der Waals surface area contributed by atoms with Gasteiger partial charge in [0.05, 0.1) is 23.9 Å². The van der Waals surface area contributed by atoms with Crippen LogP contribution in [0.5, 0.6) is 5.75 Å². The minimum atomic E-state index is -0.0641. The number of aryl methyl sites for hydroxylation is 1. The van der Waals surface area contributed by atoms with E-state index in [0.29, 0.717) is 5.56 Å². The standard InChI is InChI=1S/C27H33N7O2/c1-17(2)31-27(35)18-5-9-21(10-6-18)36-22-11-7-20(8-12-22)34-24-13-25(28-3)29-15-23(24)26(32-34)19-14-30-33(4)16-19/h5-6,9-10,13-17,20,22H,7-8,11-12H2,1-4H3,(H,28,29)(H,31,35)/t20-,22+. The summed E-state index contributed by atoms with van der Waals surface area (Å²) in [5, 5.41) is 16.5. The van der Waals surface area contributed by atoms with Crippen molar-refractivity contribution < 1.29 is 9.53 Å². The number of fused-ring (bicyclic) bond motifs is 1. The van der Waals surface area contributed by atoms with Gasteiger partial charge in [-0.15, -0.1) is 0 Å². The molecule has 3 aromatic heterocycles. The van der Waals surface area contributed by atoms with E-state index in [9.17, 15) is 4.79 Å². The lowest BCUT2D eigenvalue weighted by Gasteiger charge is -2.29. The Bertz CT molecular complexity index is 1350. The fourth-order valence-electron chi connectivity index (χ4n) is 4.83. The minimum absolute atomic E-state index is 0.0641. The van der Waals surface area contributed by atoms with Gasteiger partial charge in [-0.3, -0.25) is 14.2 Å². The largest absolute Gasteiger partial charge is 0.490 e. The second-order valence-corrected chi connectivity index (χ2v) is 9.73. The number of hydrogen-bond acceptors (Lipinski definition) is 6. The molecule has 1 aliphatic carbocycles. The van der Waals surface area contributed by atoms with Crippen molar-refractivity contribution in [3.8, 4) is 17.0 Å². The molecule has 4 aromatic rings. The highest BCUT2D eigenvalue weighted by Gasteiger charge is 2.27. The lowest BCUT2D eigenvalue weighted by Crippen LogP contribution is -2.30. The minimum Gasteiger partial charge on any atom is -0.490 e. The maximum Gasteiger partial charge on any atom is 0.251 e. The van der Waals surface area contributed by atoms with Crippen LogP contribution in [0.25, 0.3) is 22.2 Å². The highest BCUT2D eigenvalue weighted by Crippen LogP contribution is 2.36. The molecule has 0 radical (unpaired) electrons. The highest BCUT2D eigenvalue weighted by molar-refractivity contribution is 5.94. The molecule has 9 heteroatoms. The maximum absolute atomic E-state index is 12.2. The smallest absolute Gasteiger partial charge is 0.251 e. The molecule has 188 valence electrons. The fourth-order valence-corrected chi connectivity index (χ4v) is 4.83. The lowest BCUT2D eigenvalue weighted by atomic mass is 9.93. The van der Waals surface area contributed by atoms with E-state index >= 15 is 0 Å². The summed E-state index contributed by atoms with van der Waals surface area (Å²) in [5.41, 5.74) is 3.62. The van der Waals surface area contributed by atoms with Crippen molar-refractivity contribution in [2.24, 2.45) is 7.05 Å². The number of benzene rings is 1. The van der Waals surface area contributed by atoms with Gasteiger partial charge < -0.3 is 15.4 Å². The van der Waals surface area contributed by atoms with E-state index < -0.39 is 0 Å². The molecule has 3 heterocycles. The summed E-state index contributed by atoms with van der Waals surface area (Å²) >= 11 is 0. The maximum atomic E-state index is 12.2. The molecular formula is C27H33N7O2. The summed E-state index contributed by atoms with van der Waals surface area (Å²) in [7, 11) is 3.79. The summed E-state index contributed by atoms with van der Waals surface area (Å²) in [5.74, 6) is 1.56. The second kappa shape index (κ2) is 10.0. The van der Waals surface area contributed by atoms with Gasteiger partial charge in [0.1, 0.15) is 17.3 Å². The topological polar surface area (TPSA) is 98.9 Å². The first-order chi connectivity index (χ1) is 17.4. The van der Waals surface area contributed by atoms with Crippen LogP contribution >= 0.6 is 0 Å². The van der Waals surface area contributed by atoms with Crippen molar-refractivity contribution in [3.05, 3.63) is 54.5 Å². The third-order valence-corrected chi connectivity index (χ3v) is 6.65. The number of carbonyl (C=O) groups excluding carboxylic acids is 1. The van der Waals surface area contributed by atoms with Gasteiger partial charge >= 0.3 is 0 Å². The Morgan fingerprint density at radius 2 is 1.86 bits per heavy atom. The fraction of sp³-hybridized carbons (Fsp3) is 0.407. The number of nitrogens with one attached hydrogen (secondary N) is 2. The first-order valence-electron chi connectivity index (χ1n) is 12.5. The van der Waals surface area contributed by atoms with E-state index in [2.05, 4.69) is 31.5 Å². The zero-order valence-electron chi connectivity index (χ0n) is 21.2. The molecule has 1 amide bonds. The van der Waals surface area contributed by atoms with Gasteiger partial charge in [-0.1, -0.05) is 0 Å². The average Bonchev–Trinajstić information content (AvgIpc) is 3.47. The molecule has 9 nitrogen and oxygen atoms in total. The third-order valence-electron chi connectivity index (χ3n) is 6.65. The lowest BCUT2D eigenvalue weighted by molar-refractivity contribution is 0.0943. The van der Waals surface area contributed by atoms with Crippen LogP contribution < -0.4 is 15.4 Å². The van der Waals surface area contributed by atoms with Crippen molar-refractivity contribution in [2.75, 3.05) is 12.4 Å². The normalized spacial score (nSPS) is 17.9. The number of carbonyl (C=O) groups is 1. The van der Waals surface area contributed by atoms with Crippen LogP contribution in [-0.4, -0.2) is 49.6 Å². The van der Waals surface area contributed by atoms with E-state index in [-0.39, 0.29) is 24.1 Å². The number of nitrogens with zero attached hydrogens (tertiary/aromatic N) is 5. The predicted octanol–water partition coefficient (Wildman–Crippen LogP) is 4.57. The van der Waals surface area contributed by atoms with Crippen LogP contribution in [0.1, 0.15) is 55.9 Å². The number of anilines is 1. The van der Waals surface area contributed by atoms with Gasteiger partial charge in [0.25, 0.3) is 5.91 Å². The summed E-state index contributed by atoms with van der Waals surface area (Å²) in [6.07, 6.45) is 9.70. The molecule has 0 unspecified atom stereocenters. The van der Waals surface area contributed by atoms with Gasteiger partial charge in [-0.2, -0.15) is 10.2 Å². The molecule has 0 saturated heterocycles. The Balaban J connectivity index is 1.29. The van der Waals surface area contributed by atoms with Crippen LogP contribution in [0.3, 0.4) is 0 Å². The number of aromatic nitrogens is 5. The summed E-state index contributed by atoms with van der Waals surface area (Å²) in [6, 6.07) is 9.87. The first kappa shape index (κ1) is 23.8. The molecule has 2 N–H and O–H groups in total. The Hall–Kier alpha value is -3.88. The monoisotopic (exact) mass is 487 g/mol. The Morgan fingerprint density at radius 1 is 1.11 bits per heavy atom. The number of amides is 1. The van der Waals surface area contributed by atoms with Gasteiger partial charge in [-0.05, 0) is 63.8 Å². The molecule has 0 spiro atoms. The zero-order chi connectivity index (χ0) is 25.2. The van der Waals surface area contributed by atoms with Crippen molar-refractivity contribution in [1.82, 2.24) is 29.9 Å². The van der Waals surface area contributed by atoms with Crippen molar-refractivity contribution in [2.45, 2.75) is 57.7 Å². The Labute approximate surface area is 210 Å². The third kappa shape index (κ3) is 4.91. The number of rotatable bonds is 7. The van der Waals surface area contributed by atoms with E-state index in [1.54, 1.807) is 4.68 Å². The average molecular weight is 488 g/mol. The van der Waals surface area contributed by atoms with Crippen molar-refractivity contribution in [1.29, 1.82) is 0 Å². The van der Waals surface area contributed by atoms with Crippen LogP contribution in [-0.2, 0) is 7.05 Å². The second-order valence-electron chi connectivity index (χ2n) is 9.73. The molecule has 1 aromatic carbocycles. The van der Waals surface area contributed by atoms with Crippen LogP contribution in [0, 0.1) is 0 Å². The van der Waals surface area contributed by atoms with Crippen LogP contribution in [0.15, 0.2) is 48.9 Å². The quantitative estimate of drug-likeness (QED) is 0.396. The molecule has 1 saturated carbocycles. The molecule has 5 rings (SSSR count). The van der Waals surface area contributed by atoms with Crippen molar-refractivity contribution >= 4 is 22.6 Å². The SMILES string of the molecule is CNc1cc2c(cn1)c(-c1cnn(C)c1)nn2[C@H]1CC[C@@H](Oc2ccc(C(=O)NC(C)C)cc2)CC1. The summed E-state index contributed by atoms with van der Waals surface area (Å²) in [6.45, 7) is 3.90. The highest BCUT2D eigenvalue weighted by atomic mass is 16.5. The first-order valence-corrected chi connectivity index (χ1v) is 12.5. The molecule has 1 fully saturated rings. The predicted molar refractivity (Wildman–Crippen MR) is 140 cm³/mol. The summed E-state index contributed by atoms with van der Waals surface area (Å²) < 4.78 is 10.2. The molecule has 0 atom stereocenters. The van der Waals surface area contributed by atoms with E-state index in [1.165, 1.54) is 0 Å². The van der Waals surface area contributed by atoms with E-state index in [4.69, 9.17) is 9.84 Å².